The van der Waals surface area contributed by atoms with Gasteiger partial charge in [-0.25, -0.2) is 0 Å². The Morgan fingerprint density at radius 1 is 1.18 bits per heavy atom. The SMILES string of the molecule is C=CCn1c(C)c(/C=C(\C#N)C(=O)Nc2ccc(C)c(C)c2)c2ccccc21. The highest BCUT2D eigenvalue weighted by Gasteiger charge is 2.15. The van der Waals surface area contributed by atoms with Crippen LogP contribution in [0.2, 0.25) is 0 Å². The van der Waals surface area contributed by atoms with Crippen LogP contribution in [-0.4, -0.2) is 10.5 Å². The van der Waals surface area contributed by atoms with Crippen molar-refractivity contribution in [1.82, 2.24) is 4.57 Å². The average Bonchev–Trinajstić information content (AvgIpc) is 2.94. The maximum atomic E-state index is 12.7. The lowest BCUT2D eigenvalue weighted by molar-refractivity contribution is -0.112. The zero-order valence-electron chi connectivity index (χ0n) is 16.4. The number of fused-ring (bicyclic) bond motifs is 1. The van der Waals surface area contributed by atoms with Crippen molar-refractivity contribution in [2.75, 3.05) is 5.32 Å². The molecule has 3 aromatic rings. The molecule has 0 radical (unpaired) electrons. The number of aromatic nitrogens is 1. The van der Waals surface area contributed by atoms with E-state index in [1.54, 1.807) is 6.08 Å². The third kappa shape index (κ3) is 3.60. The zero-order valence-corrected chi connectivity index (χ0v) is 16.4. The maximum absolute atomic E-state index is 12.7. The van der Waals surface area contributed by atoms with Crippen LogP contribution in [0.4, 0.5) is 5.69 Å². The van der Waals surface area contributed by atoms with Gasteiger partial charge in [-0.05, 0) is 56.2 Å². The molecule has 0 aliphatic rings. The van der Waals surface area contributed by atoms with Gasteiger partial charge < -0.3 is 9.88 Å². The summed E-state index contributed by atoms with van der Waals surface area (Å²) in [5.41, 5.74) is 5.92. The molecule has 0 bridgehead atoms. The summed E-state index contributed by atoms with van der Waals surface area (Å²) in [6, 6.07) is 15.7. The predicted octanol–water partition coefficient (Wildman–Crippen LogP) is 5.30. The van der Waals surface area contributed by atoms with Crippen molar-refractivity contribution >= 4 is 28.6 Å². The normalized spacial score (nSPS) is 11.3. The van der Waals surface area contributed by atoms with Crippen molar-refractivity contribution in [1.29, 1.82) is 5.26 Å². The molecule has 0 aliphatic carbocycles. The van der Waals surface area contributed by atoms with Gasteiger partial charge >= 0.3 is 0 Å². The summed E-state index contributed by atoms with van der Waals surface area (Å²) in [6.07, 6.45) is 3.51. The van der Waals surface area contributed by atoms with Crippen LogP contribution < -0.4 is 5.32 Å². The van der Waals surface area contributed by atoms with Crippen molar-refractivity contribution < 1.29 is 4.79 Å². The molecule has 1 amide bonds. The van der Waals surface area contributed by atoms with E-state index in [1.807, 2.05) is 75.4 Å². The topological polar surface area (TPSA) is 57.8 Å². The number of amides is 1. The summed E-state index contributed by atoms with van der Waals surface area (Å²) in [7, 11) is 0. The summed E-state index contributed by atoms with van der Waals surface area (Å²) in [6.45, 7) is 10.5. The van der Waals surface area contributed by atoms with Gasteiger partial charge in [-0.3, -0.25) is 4.79 Å². The molecule has 0 saturated carbocycles. The Kier molecular flexibility index (Phi) is 5.47. The third-order valence-electron chi connectivity index (χ3n) is 5.01. The quantitative estimate of drug-likeness (QED) is 0.377. The summed E-state index contributed by atoms with van der Waals surface area (Å²) in [5.74, 6) is -0.411. The van der Waals surface area contributed by atoms with Crippen LogP contribution >= 0.6 is 0 Å². The lowest BCUT2D eigenvalue weighted by Crippen LogP contribution is -2.13. The van der Waals surface area contributed by atoms with E-state index in [1.165, 1.54) is 0 Å². The number of carbonyl (C=O) groups is 1. The van der Waals surface area contributed by atoms with Gasteiger partial charge in [0, 0.05) is 34.4 Å². The number of allylic oxidation sites excluding steroid dienone is 1. The molecule has 4 nitrogen and oxygen atoms in total. The van der Waals surface area contributed by atoms with Gasteiger partial charge in [-0.2, -0.15) is 5.26 Å². The van der Waals surface area contributed by atoms with Gasteiger partial charge in [0.2, 0.25) is 0 Å². The molecule has 28 heavy (non-hydrogen) atoms. The van der Waals surface area contributed by atoms with Gasteiger partial charge in [-0.15, -0.1) is 6.58 Å². The van der Waals surface area contributed by atoms with Crippen LogP contribution in [0.3, 0.4) is 0 Å². The Morgan fingerprint density at radius 3 is 2.61 bits per heavy atom. The van der Waals surface area contributed by atoms with E-state index >= 15 is 0 Å². The molecule has 0 aliphatic heterocycles. The average molecular weight is 369 g/mol. The minimum atomic E-state index is -0.411. The van der Waals surface area contributed by atoms with E-state index in [-0.39, 0.29) is 5.57 Å². The van der Waals surface area contributed by atoms with E-state index in [0.29, 0.717) is 12.2 Å². The van der Waals surface area contributed by atoms with Crippen molar-refractivity contribution in [2.45, 2.75) is 27.3 Å². The highest BCUT2D eigenvalue weighted by Crippen LogP contribution is 2.28. The smallest absolute Gasteiger partial charge is 0.266 e. The maximum Gasteiger partial charge on any atom is 0.266 e. The molecule has 0 unspecified atom stereocenters. The van der Waals surface area contributed by atoms with Crippen LogP contribution in [0, 0.1) is 32.1 Å². The second-order valence-corrected chi connectivity index (χ2v) is 6.84. The predicted molar refractivity (Wildman–Crippen MR) is 115 cm³/mol. The number of benzene rings is 2. The molecule has 1 heterocycles. The number of aryl methyl sites for hydroxylation is 2. The Bertz CT molecular complexity index is 1140. The largest absolute Gasteiger partial charge is 0.340 e. The van der Waals surface area contributed by atoms with Crippen LogP contribution in [0.15, 0.2) is 60.7 Å². The summed E-state index contributed by atoms with van der Waals surface area (Å²) in [4.78, 5) is 12.7. The summed E-state index contributed by atoms with van der Waals surface area (Å²) in [5, 5.41) is 13.4. The van der Waals surface area contributed by atoms with Crippen molar-refractivity contribution in [2.24, 2.45) is 0 Å². The van der Waals surface area contributed by atoms with Gasteiger partial charge in [-0.1, -0.05) is 30.3 Å². The van der Waals surface area contributed by atoms with E-state index in [2.05, 4.69) is 16.5 Å². The molecule has 1 N–H and O–H groups in total. The molecule has 4 heteroatoms. The first kappa shape index (κ1) is 19.2. The first-order valence-electron chi connectivity index (χ1n) is 9.15. The van der Waals surface area contributed by atoms with Gasteiger partial charge in [0.05, 0.1) is 0 Å². The Labute approximate surface area is 165 Å². The van der Waals surface area contributed by atoms with Crippen molar-refractivity contribution in [3.63, 3.8) is 0 Å². The standard InChI is InChI=1S/C24H23N3O/c1-5-12-27-18(4)22(21-8-6-7-9-23(21)27)14-19(15-25)24(28)26-20-11-10-16(2)17(3)13-20/h5-11,13-14H,1,12H2,2-4H3,(H,26,28)/b19-14+. The third-order valence-corrected chi connectivity index (χ3v) is 5.01. The molecule has 2 aromatic carbocycles. The molecular weight excluding hydrogens is 346 g/mol. The van der Waals surface area contributed by atoms with E-state index in [9.17, 15) is 10.1 Å². The highest BCUT2D eigenvalue weighted by atomic mass is 16.1. The number of anilines is 1. The second kappa shape index (κ2) is 7.98. The number of hydrogen-bond acceptors (Lipinski definition) is 2. The van der Waals surface area contributed by atoms with Crippen LogP contribution in [0.25, 0.3) is 17.0 Å². The number of carbonyl (C=O) groups excluding carboxylic acids is 1. The molecule has 0 fully saturated rings. The van der Waals surface area contributed by atoms with Crippen molar-refractivity contribution in [3.8, 4) is 6.07 Å². The summed E-state index contributed by atoms with van der Waals surface area (Å²) >= 11 is 0. The van der Waals surface area contributed by atoms with E-state index in [4.69, 9.17) is 0 Å². The zero-order chi connectivity index (χ0) is 20.3. The molecule has 0 spiro atoms. The number of nitrogens with one attached hydrogen (secondary N) is 1. The molecule has 1 aromatic heterocycles. The molecular formula is C24H23N3O. The molecule has 0 atom stereocenters. The number of para-hydroxylation sites is 1. The summed E-state index contributed by atoms with van der Waals surface area (Å²) < 4.78 is 2.13. The first-order chi connectivity index (χ1) is 13.5. The highest BCUT2D eigenvalue weighted by molar-refractivity contribution is 6.11. The molecule has 3 rings (SSSR count). The fraction of sp³-hybridized carbons (Fsp3) is 0.167. The lowest BCUT2D eigenvalue weighted by atomic mass is 10.1. The van der Waals surface area contributed by atoms with Crippen LogP contribution in [-0.2, 0) is 11.3 Å². The first-order valence-corrected chi connectivity index (χ1v) is 9.15. The van der Waals surface area contributed by atoms with Crippen LogP contribution in [0.1, 0.15) is 22.4 Å². The van der Waals surface area contributed by atoms with Crippen LogP contribution in [0.5, 0.6) is 0 Å². The van der Waals surface area contributed by atoms with Gasteiger partial charge in [0.15, 0.2) is 0 Å². The lowest BCUT2D eigenvalue weighted by Gasteiger charge is -2.07. The number of nitriles is 1. The molecule has 0 saturated heterocycles. The van der Waals surface area contributed by atoms with Gasteiger partial charge in [0.25, 0.3) is 5.91 Å². The fourth-order valence-corrected chi connectivity index (χ4v) is 3.31. The second-order valence-electron chi connectivity index (χ2n) is 6.84. The van der Waals surface area contributed by atoms with Gasteiger partial charge in [0.1, 0.15) is 11.6 Å². The minimum Gasteiger partial charge on any atom is -0.340 e. The Morgan fingerprint density at radius 2 is 1.93 bits per heavy atom. The number of hydrogen-bond donors (Lipinski definition) is 1. The fourth-order valence-electron chi connectivity index (χ4n) is 3.31. The Hall–Kier alpha value is -3.58. The van der Waals surface area contributed by atoms with E-state index in [0.717, 1.165) is 33.3 Å². The Balaban J connectivity index is 2.02. The molecule has 140 valence electrons. The number of rotatable bonds is 5. The van der Waals surface area contributed by atoms with E-state index < -0.39 is 5.91 Å². The minimum absolute atomic E-state index is 0.0721. The van der Waals surface area contributed by atoms with Crippen molar-refractivity contribution in [3.05, 3.63) is 83.1 Å². The monoisotopic (exact) mass is 369 g/mol. The number of nitrogens with zero attached hydrogens (tertiary/aromatic N) is 2.